The largest absolute Gasteiger partial charge is 0.322 e. The average molecular weight is 2190 g/mol. The molecule has 644 valence electrons. The van der Waals surface area contributed by atoms with Crippen LogP contribution in [0.1, 0.15) is 193 Å². The summed E-state index contributed by atoms with van der Waals surface area (Å²) >= 11 is 36.5. The van der Waals surface area contributed by atoms with E-state index in [9.17, 15) is 28.8 Å². The zero-order valence-corrected chi connectivity index (χ0v) is 86.0. The smallest absolute Gasteiger partial charge is 0.255 e. The van der Waals surface area contributed by atoms with Gasteiger partial charge in [0.15, 0.2) is 23.0 Å². The van der Waals surface area contributed by atoms with E-state index in [4.69, 9.17) is 39.6 Å². The average Bonchev–Trinajstić information content (AvgIpc) is 1.59. The molecule has 0 radical (unpaired) electrons. The van der Waals surface area contributed by atoms with Gasteiger partial charge in [-0.1, -0.05) is 93.7 Å². The van der Waals surface area contributed by atoms with Crippen molar-refractivity contribution in [2.45, 2.75) is 143 Å². The SMILES string of the molecule is C#Cc1cn(CCCC#Cc2cccc3c2CN(C2CCC(=O)NC2=O)C3=O)nn1.Cc1c(C#Cc2cn(CCCC#Cc3cccc4c3CN(C3CCC(=O)NC3=O)C4=O)nn2)sc2c1C(c1ccc(Cl)cc1)=N[C@@H](C)c1nnc(C)n1-2.Cc1c(I)sc2c1C(c1ccc(Cl)cc1)=N[C@@H](C)c1nnc(C)n1-2.S=S=S=S=S=S=S=S.S=S=S=S=S=S=S=S=S=S. The number of amides is 6. The topological polar surface area (TPSA) is 281 Å². The van der Waals surface area contributed by atoms with Crippen LogP contribution in [-0.2, 0) is 214 Å². The Hall–Kier alpha value is -7.09. The van der Waals surface area contributed by atoms with Crippen molar-refractivity contribution in [3.05, 3.63) is 217 Å². The van der Waals surface area contributed by atoms with Crippen molar-refractivity contribution in [3.63, 3.8) is 0 Å². The van der Waals surface area contributed by atoms with Crippen molar-refractivity contribution < 1.29 is 28.8 Å². The lowest BCUT2D eigenvalue weighted by Gasteiger charge is -2.29. The maximum atomic E-state index is 13.1. The van der Waals surface area contributed by atoms with Crippen LogP contribution in [0, 0.1) is 78.4 Å². The number of carbonyl (C=O) groups excluding carboxylic acids is 6. The molecule has 2 N–H and O–H groups in total. The second-order valence-electron chi connectivity index (χ2n) is 27.0. The molecule has 16 rings (SSSR count). The van der Waals surface area contributed by atoms with Crippen LogP contribution in [0.25, 0.3) is 10.0 Å². The first-order chi connectivity index (χ1) is 60.5. The lowest BCUT2D eigenvalue weighted by molar-refractivity contribution is -0.138. The van der Waals surface area contributed by atoms with E-state index in [-0.39, 0.29) is 48.6 Å². The van der Waals surface area contributed by atoms with Gasteiger partial charge in [-0.25, -0.2) is 0 Å². The maximum Gasteiger partial charge on any atom is 0.255 e. The van der Waals surface area contributed by atoms with Crippen LogP contribution >= 0.6 is 68.5 Å². The number of hydrogen-bond acceptors (Lipinski definition) is 22. The van der Waals surface area contributed by atoms with Gasteiger partial charge in [0.05, 0.1) is 31.6 Å². The zero-order chi connectivity index (χ0) is 88.8. The van der Waals surface area contributed by atoms with E-state index in [0.29, 0.717) is 79.4 Å². The van der Waals surface area contributed by atoms with Gasteiger partial charge in [0.2, 0.25) is 23.6 Å². The third-order valence-electron chi connectivity index (χ3n) is 19.3. The highest BCUT2D eigenvalue weighted by Crippen LogP contribution is 2.42. The number of thiophene rings is 2. The molecule has 6 aliphatic heterocycles. The Kier molecular flexibility index (Phi) is 36.8. The molecule has 2 fully saturated rings. The van der Waals surface area contributed by atoms with Crippen molar-refractivity contribution in [1.82, 2.24) is 80.0 Å². The molecule has 0 saturated carbocycles. The number of nitrogens with zero attached hydrogens (tertiary/aromatic N) is 16. The molecular formula is C78H65Cl2IN18O6S20. The first-order valence-corrected chi connectivity index (χ1v) is 61.9. The second kappa shape index (κ2) is 47.5. The number of halogens is 3. The minimum atomic E-state index is -0.659. The fourth-order valence-electron chi connectivity index (χ4n) is 13.6. The fourth-order valence-corrected chi connectivity index (χ4v) is 44.5. The number of fused-ring (bicyclic) bond motifs is 8. The number of nitrogens with one attached hydrogen (secondary N) is 2. The fraction of sp³-hybridized carbons (Fsp3) is 0.282. The van der Waals surface area contributed by atoms with Gasteiger partial charge in [-0.3, -0.25) is 67.9 Å². The van der Waals surface area contributed by atoms with E-state index in [1.54, 1.807) is 156 Å². The minimum absolute atomic E-state index is 0.0615. The first-order valence-electron chi connectivity index (χ1n) is 37.1. The van der Waals surface area contributed by atoms with E-state index >= 15 is 0 Å². The predicted octanol–water partition coefficient (Wildman–Crippen LogP) is 11.0. The molecule has 47 heteroatoms. The highest BCUT2D eigenvalue weighted by Gasteiger charge is 2.42. The quantitative estimate of drug-likeness (QED) is 0.0557. The van der Waals surface area contributed by atoms with E-state index in [0.717, 1.165) is 112 Å². The summed E-state index contributed by atoms with van der Waals surface area (Å²) in [4.78, 5) is 87.6. The van der Waals surface area contributed by atoms with Crippen molar-refractivity contribution >= 4 is 284 Å². The number of benzene rings is 4. The molecular weight excluding hydrogens is 2120 g/mol. The van der Waals surface area contributed by atoms with Crippen molar-refractivity contribution in [3.8, 4) is 57.9 Å². The van der Waals surface area contributed by atoms with E-state index in [2.05, 4.69) is 190 Å². The molecule has 0 spiro atoms. The monoisotopic (exact) mass is 2190 g/mol. The highest BCUT2D eigenvalue weighted by molar-refractivity contribution is 14.1. The lowest BCUT2D eigenvalue weighted by Crippen LogP contribution is -2.52. The lowest BCUT2D eigenvalue weighted by atomic mass is 9.99. The Balaban J connectivity index is 0.000000166. The van der Waals surface area contributed by atoms with Crippen LogP contribution in [-0.4, -0.2) is 128 Å². The van der Waals surface area contributed by atoms with Gasteiger partial charge in [0.1, 0.15) is 45.8 Å². The maximum absolute atomic E-state index is 13.1. The summed E-state index contributed by atoms with van der Waals surface area (Å²) in [7, 11) is 21.8. The van der Waals surface area contributed by atoms with Crippen LogP contribution in [0.2, 0.25) is 10.0 Å². The third-order valence-corrected chi connectivity index (χ3v) is 50.2. The second-order valence-corrected chi connectivity index (χ2v) is 56.4. The normalized spacial score (nSPS) is 15.8. The van der Waals surface area contributed by atoms with Crippen molar-refractivity contribution in [1.29, 1.82) is 0 Å². The highest BCUT2D eigenvalue weighted by atomic mass is 127. The summed E-state index contributed by atoms with van der Waals surface area (Å²) in [6, 6.07) is 24.9. The standard InChI is InChI=1S/C39H32ClN9O3S.C22H19N5O3.C17H14ClIN4S.S10.S8/c1-22-32(53-39-34(22)35(26-11-13-27(40)14-12-26)41-23(2)36-45-43-24(3)49(36)39)17-15-28-20-47(46-44-28)19-6-4-5-8-25-9-7-10-29-30(25)21-48(38(29)52)31-16-18-33(50)42-37(31)51;1-2-16-13-26(25-24-16)12-5-3-4-7-15-8-6-9-17-18(15)14-27(22(17)30)19-10-11-20(28)23-21(19)29;1-8-13-14(11-4-6-12(18)7-5-11)20-9(2)16-22-21-10(3)23(16)17(13)24-15(8)19;1-3-5-7-9-10-8-6-4-2;1-3-5-7-8-6-4-2/h7,9-14,20,23,31H,4,6,16,18-19,21H2,1-3H3,(H,42,50,51);1,6,8-9,13,19H,3,5,10-12,14H2,(H,23,28,29);4-7,9H,1-3H3;;/t23-,31?;;9-;;/m0.0../s1. The molecule has 2 saturated heterocycles. The van der Waals surface area contributed by atoms with Crippen LogP contribution in [0.4, 0.5) is 0 Å². The summed E-state index contributed by atoms with van der Waals surface area (Å²) in [5.74, 6) is 23.2. The molecule has 0 bridgehead atoms. The van der Waals surface area contributed by atoms with Gasteiger partial charge in [-0.15, -0.1) is 59.7 Å². The minimum Gasteiger partial charge on any atom is -0.322 e. The third kappa shape index (κ3) is 24.7. The number of carbonyl (C=O) groups is 6. The molecule has 12 heterocycles. The summed E-state index contributed by atoms with van der Waals surface area (Å²) < 4.78 is 8.93. The number of rotatable bonds is 10. The van der Waals surface area contributed by atoms with Crippen LogP contribution in [0.3, 0.4) is 0 Å². The summed E-state index contributed by atoms with van der Waals surface area (Å²) in [6.07, 6.45) is 12.7. The molecule has 125 heavy (non-hydrogen) atoms. The van der Waals surface area contributed by atoms with Gasteiger partial charge in [0, 0.05) is 275 Å². The Labute approximate surface area is 810 Å². The summed E-state index contributed by atoms with van der Waals surface area (Å²) in [5.41, 5.74) is 13.7. The zero-order valence-electron chi connectivity index (χ0n) is 66.0. The van der Waals surface area contributed by atoms with Crippen LogP contribution in [0.5, 0.6) is 0 Å². The van der Waals surface area contributed by atoms with Gasteiger partial charge >= 0.3 is 0 Å². The van der Waals surface area contributed by atoms with E-state index in [1.165, 1.54) is 54.4 Å². The molecule has 2 unspecified atom stereocenters. The number of hydrogen-bond donors (Lipinski definition) is 2. The summed E-state index contributed by atoms with van der Waals surface area (Å²) in [6.45, 7) is 14.1. The first kappa shape index (κ1) is 97.0. The number of imide groups is 2. The molecule has 4 aromatic carbocycles. The molecule has 6 aliphatic rings. The van der Waals surface area contributed by atoms with Gasteiger partial charge in [-0.2, -0.15) is 0 Å². The summed E-state index contributed by atoms with van der Waals surface area (Å²) in [5, 5.41) is 42.0. The van der Waals surface area contributed by atoms with Gasteiger partial charge < -0.3 is 9.80 Å². The molecule has 0 aliphatic carbocycles. The molecule has 24 nitrogen and oxygen atoms in total. The van der Waals surface area contributed by atoms with Crippen LogP contribution < -0.4 is 10.6 Å². The number of aromatic nitrogens is 12. The number of piperidine rings is 2. The van der Waals surface area contributed by atoms with E-state index in [1.807, 2.05) is 87.6 Å². The Bertz CT molecular complexity index is 6950. The Morgan fingerprint density at radius 2 is 0.936 bits per heavy atom. The van der Waals surface area contributed by atoms with Crippen molar-refractivity contribution in [2.24, 2.45) is 9.98 Å². The molecule has 10 aromatic rings. The molecule has 6 amide bonds. The number of terminal acetylenes is 1. The number of aliphatic imine (C=N–C) groups is 2. The van der Waals surface area contributed by atoms with Crippen molar-refractivity contribution in [2.75, 3.05) is 0 Å². The Morgan fingerprint density at radius 1 is 0.520 bits per heavy atom. The van der Waals surface area contributed by atoms with Gasteiger partial charge in [0.25, 0.3) is 11.8 Å². The molecule has 4 atom stereocenters. The number of aryl methyl sites for hydroxylation is 4. The van der Waals surface area contributed by atoms with Crippen LogP contribution in [0.15, 0.2) is 107 Å². The van der Waals surface area contributed by atoms with Gasteiger partial charge in [-0.05, 0) is 178 Å². The molecule has 6 aromatic heterocycles. The van der Waals surface area contributed by atoms with E-state index < -0.39 is 23.9 Å². The predicted molar refractivity (Wildman–Crippen MR) is 545 cm³/mol. The Morgan fingerprint density at radius 3 is 1.36 bits per heavy atom. The number of unbranched alkanes of at least 4 members (excludes halogenated alkanes) is 2.